The van der Waals surface area contributed by atoms with Gasteiger partial charge in [-0.2, -0.15) is 0 Å². The highest BCUT2D eigenvalue weighted by molar-refractivity contribution is 5.84. The van der Waals surface area contributed by atoms with E-state index in [0.29, 0.717) is 6.42 Å². The number of ketones is 1. The number of carbonyl (C=O) groups is 1. The molecule has 0 spiro atoms. The number of hydrogen-bond donors (Lipinski definition) is 0. The summed E-state index contributed by atoms with van der Waals surface area (Å²) >= 11 is 0. The summed E-state index contributed by atoms with van der Waals surface area (Å²) in [6, 6.07) is 4.05. The molecule has 2 nitrogen and oxygen atoms in total. The number of carbonyl (C=O) groups excluding carboxylic acids is 1. The van der Waals surface area contributed by atoms with Gasteiger partial charge in [-0.3, -0.25) is 4.79 Å². The molecule has 0 saturated heterocycles. The monoisotopic (exact) mass is 176 g/mol. The van der Waals surface area contributed by atoms with Crippen LogP contribution in [0.5, 0.6) is 5.75 Å². The van der Waals surface area contributed by atoms with Crippen LogP contribution in [0.1, 0.15) is 16.7 Å². The Bertz CT molecular complexity index is 367. The molecule has 0 aromatic heterocycles. The van der Waals surface area contributed by atoms with E-state index >= 15 is 0 Å². The lowest BCUT2D eigenvalue weighted by molar-refractivity contribution is -0.121. The van der Waals surface area contributed by atoms with Crippen LogP contribution in [0.15, 0.2) is 12.1 Å². The molecule has 13 heavy (non-hydrogen) atoms. The summed E-state index contributed by atoms with van der Waals surface area (Å²) in [4.78, 5) is 11.1. The van der Waals surface area contributed by atoms with Crippen LogP contribution >= 0.6 is 0 Å². The van der Waals surface area contributed by atoms with E-state index in [1.165, 1.54) is 11.1 Å². The van der Waals surface area contributed by atoms with E-state index in [-0.39, 0.29) is 12.4 Å². The molecule has 0 unspecified atom stereocenters. The molecule has 0 aliphatic carbocycles. The van der Waals surface area contributed by atoms with Gasteiger partial charge in [0.05, 0.1) is 0 Å². The molecule has 1 aromatic rings. The number of rotatable bonds is 0. The Kier molecular flexibility index (Phi) is 1.83. The Balaban J connectivity index is 2.49. The standard InChI is InChI=1S/C11H12O2/c1-7-3-9-5-10(12)6-13-11(9)4-8(7)2/h3-4H,5-6H2,1-2H3. The van der Waals surface area contributed by atoms with Crippen molar-refractivity contribution < 1.29 is 9.53 Å². The van der Waals surface area contributed by atoms with Gasteiger partial charge in [0.25, 0.3) is 0 Å². The maximum atomic E-state index is 11.1. The van der Waals surface area contributed by atoms with Crippen molar-refractivity contribution in [3.05, 3.63) is 28.8 Å². The zero-order valence-corrected chi connectivity index (χ0v) is 7.89. The van der Waals surface area contributed by atoms with Crippen LogP contribution in [-0.2, 0) is 11.2 Å². The predicted molar refractivity (Wildman–Crippen MR) is 50.1 cm³/mol. The quantitative estimate of drug-likeness (QED) is 0.602. The van der Waals surface area contributed by atoms with Crippen LogP contribution in [0, 0.1) is 13.8 Å². The first kappa shape index (κ1) is 8.30. The maximum absolute atomic E-state index is 11.1. The zero-order chi connectivity index (χ0) is 9.42. The first-order chi connectivity index (χ1) is 6.16. The average Bonchev–Trinajstić information content (AvgIpc) is 2.08. The smallest absolute Gasteiger partial charge is 0.174 e. The van der Waals surface area contributed by atoms with Crippen molar-refractivity contribution in [3.63, 3.8) is 0 Å². The molecule has 0 radical (unpaired) electrons. The molecular formula is C11H12O2. The molecular weight excluding hydrogens is 164 g/mol. The average molecular weight is 176 g/mol. The summed E-state index contributed by atoms with van der Waals surface area (Å²) in [7, 11) is 0. The Labute approximate surface area is 77.5 Å². The van der Waals surface area contributed by atoms with Gasteiger partial charge in [-0.15, -0.1) is 0 Å². The Morgan fingerprint density at radius 1 is 1.23 bits per heavy atom. The second kappa shape index (κ2) is 2.87. The lowest BCUT2D eigenvalue weighted by Crippen LogP contribution is -2.20. The van der Waals surface area contributed by atoms with Gasteiger partial charge in [-0.1, -0.05) is 6.07 Å². The van der Waals surface area contributed by atoms with Crippen LogP contribution in [0.25, 0.3) is 0 Å². The van der Waals surface area contributed by atoms with E-state index in [1.807, 2.05) is 12.1 Å². The number of hydrogen-bond acceptors (Lipinski definition) is 2. The first-order valence-electron chi connectivity index (χ1n) is 4.41. The number of fused-ring (bicyclic) bond motifs is 1. The van der Waals surface area contributed by atoms with Crippen molar-refractivity contribution in [2.45, 2.75) is 20.3 Å². The molecule has 0 atom stereocenters. The van der Waals surface area contributed by atoms with Crippen molar-refractivity contribution in [3.8, 4) is 5.75 Å². The van der Waals surface area contributed by atoms with Gasteiger partial charge in [-0.05, 0) is 31.0 Å². The largest absolute Gasteiger partial charge is 0.486 e. The van der Waals surface area contributed by atoms with Crippen molar-refractivity contribution in [1.82, 2.24) is 0 Å². The van der Waals surface area contributed by atoms with Crippen LogP contribution in [0.4, 0.5) is 0 Å². The zero-order valence-electron chi connectivity index (χ0n) is 7.89. The molecule has 2 heteroatoms. The topological polar surface area (TPSA) is 26.3 Å². The third-order valence-corrected chi connectivity index (χ3v) is 2.45. The Morgan fingerprint density at radius 2 is 1.92 bits per heavy atom. The Morgan fingerprint density at radius 3 is 2.69 bits per heavy atom. The summed E-state index contributed by atoms with van der Waals surface area (Å²) in [5, 5.41) is 0. The predicted octanol–water partition coefficient (Wildman–Crippen LogP) is 1.81. The normalized spacial score (nSPS) is 15.1. The molecule has 68 valence electrons. The highest BCUT2D eigenvalue weighted by Gasteiger charge is 2.17. The molecule has 1 aliphatic heterocycles. The van der Waals surface area contributed by atoms with E-state index in [9.17, 15) is 4.79 Å². The highest BCUT2D eigenvalue weighted by Crippen LogP contribution is 2.26. The summed E-state index contributed by atoms with van der Waals surface area (Å²) in [6.07, 6.45) is 0.524. The maximum Gasteiger partial charge on any atom is 0.174 e. The second-order valence-corrected chi connectivity index (χ2v) is 3.55. The van der Waals surface area contributed by atoms with Gasteiger partial charge in [0, 0.05) is 12.0 Å². The third kappa shape index (κ3) is 1.44. The molecule has 0 amide bonds. The minimum absolute atomic E-state index is 0.163. The van der Waals surface area contributed by atoms with Crippen molar-refractivity contribution in [2.75, 3.05) is 6.61 Å². The molecule has 1 aromatic carbocycles. The van der Waals surface area contributed by atoms with Crippen LogP contribution in [0.3, 0.4) is 0 Å². The number of ether oxygens (including phenoxy) is 1. The highest BCUT2D eigenvalue weighted by atomic mass is 16.5. The summed E-state index contributed by atoms with van der Waals surface area (Å²) in [5.41, 5.74) is 3.46. The van der Waals surface area contributed by atoms with Gasteiger partial charge in [0.15, 0.2) is 5.78 Å². The summed E-state index contributed by atoms with van der Waals surface area (Å²) < 4.78 is 5.32. The fourth-order valence-electron chi connectivity index (χ4n) is 1.54. The lowest BCUT2D eigenvalue weighted by atomic mass is 10.00. The van der Waals surface area contributed by atoms with Crippen LogP contribution < -0.4 is 4.74 Å². The lowest BCUT2D eigenvalue weighted by Gasteiger charge is -2.17. The van der Waals surface area contributed by atoms with E-state index in [1.54, 1.807) is 0 Å². The van der Waals surface area contributed by atoms with Gasteiger partial charge < -0.3 is 4.74 Å². The molecule has 2 rings (SSSR count). The van der Waals surface area contributed by atoms with Crippen molar-refractivity contribution >= 4 is 5.78 Å². The molecule has 0 bridgehead atoms. The molecule has 0 N–H and O–H groups in total. The van der Waals surface area contributed by atoms with Gasteiger partial charge in [0.1, 0.15) is 12.4 Å². The van der Waals surface area contributed by atoms with Gasteiger partial charge in [0.2, 0.25) is 0 Å². The molecule has 1 heterocycles. The number of Topliss-reactive ketones (excluding diaryl/α,β-unsaturated/α-hetero) is 1. The van der Waals surface area contributed by atoms with Crippen LogP contribution in [0.2, 0.25) is 0 Å². The minimum atomic E-state index is 0.163. The fraction of sp³-hybridized carbons (Fsp3) is 0.364. The first-order valence-corrected chi connectivity index (χ1v) is 4.41. The van der Waals surface area contributed by atoms with E-state index < -0.39 is 0 Å². The number of benzene rings is 1. The SMILES string of the molecule is Cc1cc2c(cc1C)OCC(=O)C2. The van der Waals surface area contributed by atoms with E-state index in [0.717, 1.165) is 11.3 Å². The molecule has 1 aliphatic rings. The van der Waals surface area contributed by atoms with E-state index in [2.05, 4.69) is 13.8 Å². The summed E-state index contributed by atoms with van der Waals surface area (Å²) in [6.45, 7) is 4.33. The Hall–Kier alpha value is -1.31. The molecule has 0 saturated carbocycles. The molecule has 0 fully saturated rings. The third-order valence-electron chi connectivity index (χ3n) is 2.45. The van der Waals surface area contributed by atoms with E-state index in [4.69, 9.17) is 4.74 Å². The van der Waals surface area contributed by atoms with Gasteiger partial charge >= 0.3 is 0 Å². The fourth-order valence-corrected chi connectivity index (χ4v) is 1.54. The summed E-state index contributed by atoms with van der Waals surface area (Å²) in [5.74, 6) is 1.04. The van der Waals surface area contributed by atoms with Crippen molar-refractivity contribution in [2.24, 2.45) is 0 Å². The van der Waals surface area contributed by atoms with Crippen LogP contribution in [-0.4, -0.2) is 12.4 Å². The van der Waals surface area contributed by atoms with Gasteiger partial charge in [-0.25, -0.2) is 0 Å². The number of aryl methyl sites for hydroxylation is 2. The second-order valence-electron chi connectivity index (χ2n) is 3.55. The minimum Gasteiger partial charge on any atom is -0.486 e. The van der Waals surface area contributed by atoms with Crippen molar-refractivity contribution in [1.29, 1.82) is 0 Å².